The van der Waals surface area contributed by atoms with Gasteiger partial charge in [0.1, 0.15) is 6.33 Å². The second-order valence-electron chi connectivity index (χ2n) is 2.09. The summed E-state index contributed by atoms with van der Waals surface area (Å²) in [7, 11) is 1.78. The summed E-state index contributed by atoms with van der Waals surface area (Å²) in [5, 5.41) is 16.0. The number of halogens is 2. The fourth-order valence-electron chi connectivity index (χ4n) is 0.709. The smallest absolute Gasteiger partial charge is 0.151 e. The van der Waals surface area contributed by atoms with Gasteiger partial charge in [0, 0.05) is 7.05 Å². The number of aromatic nitrogens is 3. The van der Waals surface area contributed by atoms with Crippen LogP contribution in [0.3, 0.4) is 0 Å². The first-order valence-electron chi connectivity index (χ1n) is 2.96. The molecule has 72 valence electrons. The van der Waals surface area contributed by atoms with Crippen LogP contribution < -0.4 is 5.73 Å². The van der Waals surface area contributed by atoms with Gasteiger partial charge >= 0.3 is 0 Å². The molecular weight excluding hydrogens is 203 g/mol. The number of nitrogens with zero attached hydrogens (tertiary/aromatic N) is 3. The quantitative estimate of drug-likeness (QED) is 0.706. The van der Waals surface area contributed by atoms with Gasteiger partial charge in [-0.15, -0.1) is 35.0 Å². The number of hydrogen-bond acceptors (Lipinski definition) is 4. The molecule has 0 radical (unpaired) electrons. The number of aliphatic hydroxyl groups excluding tert-OH is 1. The Morgan fingerprint density at radius 2 is 2.25 bits per heavy atom. The molecular formula is C5H12Cl2N4O. The Labute approximate surface area is 82.8 Å². The van der Waals surface area contributed by atoms with E-state index < -0.39 is 6.04 Å². The van der Waals surface area contributed by atoms with Crippen LogP contribution in [0.1, 0.15) is 11.9 Å². The second-order valence-corrected chi connectivity index (χ2v) is 2.09. The Balaban J connectivity index is 0. The van der Waals surface area contributed by atoms with E-state index >= 15 is 0 Å². The van der Waals surface area contributed by atoms with Gasteiger partial charge in [0.2, 0.25) is 0 Å². The molecule has 1 unspecified atom stereocenters. The summed E-state index contributed by atoms with van der Waals surface area (Å²) in [6.07, 6.45) is 1.55. The number of nitrogens with two attached hydrogens (primary N) is 1. The van der Waals surface area contributed by atoms with Crippen LogP contribution in [-0.4, -0.2) is 26.5 Å². The third kappa shape index (κ3) is 2.94. The average Bonchev–Trinajstić information content (AvgIpc) is 2.34. The van der Waals surface area contributed by atoms with Gasteiger partial charge in [0.25, 0.3) is 0 Å². The van der Waals surface area contributed by atoms with Crippen molar-refractivity contribution < 1.29 is 5.11 Å². The standard InChI is InChI=1S/C5H10N4O.2ClH/c1-9-3-7-8-5(9)4(6)2-10;;/h3-4,10H,2,6H2,1H3;2*1H. The summed E-state index contributed by atoms with van der Waals surface area (Å²) < 4.78 is 1.68. The number of aryl methyl sites for hydroxylation is 1. The van der Waals surface area contributed by atoms with Crippen molar-refractivity contribution in [2.75, 3.05) is 6.61 Å². The Kier molecular flexibility index (Phi) is 7.31. The lowest BCUT2D eigenvalue weighted by Gasteiger charge is -2.04. The number of rotatable bonds is 2. The van der Waals surface area contributed by atoms with Crippen molar-refractivity contribution in [1.82, 2.24) is 14.8 Å². The lowest BCUT2D eigenvalue weighted by atomic mass is 10.3. The Morgan fingerprint density at radius 3 is 2.58 bits per heavy atom. The first-order valence-corrected chi connectivity index (χ1v) is 2.96. The molecule has 0 spiro atoms. The van der Waals surface area contributed by atoms with E-state index in [1.54, 1.807) is 17.9 Å². The largest absolute Gasteiger partial charge is 0.394 e. The Bertz CT molecular complexity index is 217. The highest BCUT2D eigenvalue weighted by molar-refractivity contribution is 5.85. The zero-order valence-electron chi connectivity index (χ0n) is 6.54. The van der Waals surface area contributed by atoms with E-state index in [0.717, 1.165) is 0 Å². The van der Waals surface area contributed by atoms with Crippen LogP contribution in [0, 0.1) is 0 Å². The average molecular weight is 215 g/mol. The molecule has 1 aromatic rings. The summed E-state index contributed by atoms with van der Waals surface area (Å²) in [6, 6.07) is -0.424. The minimum absolute atomic E-state index is 0. The van der Waals surface area contributed by atoms with Crippen LogP contribution >= 0.6 is 24.8 Å². The van der Waals surface area contributed by atoms with E-state index in [1.807, 2.05) is 0 Å². The predicted molar refractivity (Wildman–Crippen MR) is 49.5 cm³/mol. The Morgan fingerprint density at radius 1 is 1.67 bits per heavy atom. The zero-order valence-corrected chi connectivity index (χ0v) is 8.18. The highest BCUT2D eigenvalue weighted by Gasteiger charge is 2.08. The minimum Gasteiger partial charge on any atom is -0.394 e. The van der Waals surface area contributed by atoms with Crippen LogP contribution in [0.4, 0.5) is 0 Å². The molecule has 0 saturated carbocycles. The van der Waals surface area contributed by atoms with Crippen LogP contribution in [0.5, 0.6) is 0 Å². The Hall–Kier alpha value is -0.360. The van der Waals surface area contributed by atoms with E-state index in [4.69, 9.17) is 10.8 Å². The van der Waals surface area contributed by atoms with Crippen LogP contribution in [0.25, 0.3) is 0 Å². The van der Waals surface area contributed by atoms with Gasteiger partial charge in [-0.1, -0.05) is 0 Å². The van der Waals surface area contributed by atoms with Gasteiger partial charge in [-0.2, -0.15) is 0 Å². The van der Waals surface area contributed by atoms with Crippen LogP contribution in [0.15, 0.2) is 6.33 Å². The summed E-state index contributed by atoms with van der Waals surface area (Å²) in [6.45, 7) is -0.105. The summed E-state index contributed by atoms with van der Waals surface area (Å²) in [5.41, 5.74) is 5.47. The van der Waals surface area contributed by atoms with E-state index in [-0.39, 0.29) is 31.4 Å². The molecule has 0 aliphatic carbocycles. The molecule has 3 N–H and O–H groups in total. The first-order chi connectivity index (χ1) is 4.75. The zero-order chi connectivity index (χ0) is 7.56. The molecule has 0 amide bonds. The molecule has 1 rings (SSSR count). The van der Waals surface area contributed by atoms with Gasteiger partial charge in [-0.3, -0.25) is 0 Å². The molecule has 0 fully saturated rings. The third-order valence-corrected chi connectivity index (χ3v) is 1.27. The van der Waals surface area contributed by atoms with Crippen molar-refractivity contribution in [2.24, 2.45) is 12.8 Å². The molecule has 0 aliphatic rings. The van der Waals surface area contributed by atoms with Gasteiger partial charge in [-0.25, -0.2) is 0 Å². The van der Waals surface area contributed by atoms with Crippen molar-refractivity contribution in [3.05, 3.63) is 12.2 Å². The predicted octanol–water partition coefficient (Wildman–Crippen LogP) is -0.349. The maximum Gasteiger partial charge on any atom is 0.151 e. The molecule has 0 bridgehead atoms. The molecule has 0 aromatic carbocycles. The molecule has 5 nitrogen and oxygen atoms in total. The molecule has 12 heavy (non-hydrogen) atoms. The van der Waals surface area contributed by atoms with Crippen molar-refractivity contribution >= 4 is 24.8 Å². The van der Waals surface area contributed by atoms with Crippen molar-refractivity contribution in [1.29, 1.82) is 0 Å². The normalized spacial score (nSPS) is 11.2. The maximum absolute atomic E-state index is 8.62. The highest BCUT2D eigenvalue weighted by Crippen LogP contribution is 2.01. The van der Waals surface area contributed by atoms with E-state index in [0.29, 0.717) is 5.82 Å². The fourth-order valence-corrected chi connectivity index (χ4v) is 0.709. The number of aliphatic hydroxyl groups is 1. The summed E-state index contributed by atoms with van der Waals surface area (Å²) in [4.78, 5) is 0. The van der Waals surface area contributed by atoms with Gasteiger partial charge in [-0.05, 0) is 0 Å². The second kappa shape index (κ2) is 6.19. The van der Waals surface area contributed by atoms with Gasteiger partial charge in [0.15, 0.2) is 5.82 Å². The molecule has 1 atom stereocenters. The number of hydrogen-bond donors (Lipinski definition) is 2. The van der Waals surface area contributed by atoms with Crippen LogP contribution in [-0.2, 0) is 7.05 Å². The fraction of sp³-hybridized carbons (Fsp3) is 0.600. The van der Waals surface area contributed by atoms with Crippen molar-refractivity contribution in [2.45, 2.75) is 6.04 Å². The minimum atomic E-state index is -0.424. The lowest BCUT2D eigenvalue weighted by molar-refractivity contribution is 0.261. The van der Waals surface area contributed by atoms with Crippen LogP contribution in [0.2, 0.25) is 0 Å². The van der Waals surface area contributed by atoms with E-state index in [1.165, 1.54) is 0 Å². The SMILES string of the molecule is Cl.Cl.Cn1cnnc1C(N)CO. The molecule has 0 saturated heterocycles. The van der Waals surface area contributed by atoms with Crippen molar-refractivity contribution in [3.8, 4) is 0 Å². The van der Waals surface area contributed by atoms with E-state index in [9.17, 15) is 0 Å². The maximum atomic E-state index is 8.62. The molecule has 1 heterocycles. The third-order valence-electron chi connectivity index (χ3n) is 1.27. The highest BCUT2D eigenvalue weighted by atomic mass is 35.5. The molecule has 1 aromatic heterocycles. The van der Waals surface area contributed by atoms with Crippen molar-refractivity contribution in [3.63, 3.8) is 0 Å². The summed E-state index contributed by atoms with van der Waals surface area (Å²) >= 11 is 0. The summed E-state index contributed by atoms with van der Waals surface area (Å²) in [5.74, 6) is 0.600. The topological polar surface area (TPSA) is 77.0 Å². The monoisotopic (exact) mass is 214 g/mol. The van der Waals surface area contributed by atoms with Gasteiger partial charge in [0.05, 0.1) is 12.6 Å². The first kappa shape index (κ1) is 14.2. The van der Waals surface area contributed by atoms with E-state index in [2.05, 4.69) is 10.2 Å². The molecule has 0 aliphatic heterocycles. The lowest BCUT2D eigenvalue weighted by Crippen LogP contribution is -2.18. The molecule has 7 heteroatoms. The van der Waals surface area contributed by atoms with Gasteiger partial charge < -0.3 is 15.4 Å².